The van der Waals surface area contributed by atoms with Crippen molar-refractivity contribution >= 4 is 17.7 Å². The lowest BCUT2D eigenvalue weighted by molar-refractivity contribution is -0.137. The number of carbonyl (C=O) groups excluding carboxylic acids is 1. The van der Waals surface area contributed by atoms with Crippen LogP contribution in [0.15, 0.2) is 48.8 Å². The predicted octanol–water partition coefficient (Wildman–Crippen LogP) is 3.99. The fourth-order valence-electron chi connectivity index (χ4n) is 2.45. The Morgan fingerprint density at radius 2 is 1.78 bits per heavy atom. The van der Waals surface area contributed by atoms with Gasteiger partial charge in [0.15, 0.2) is 0 Å². The van der Waals surface area contributed by atoms with Gasteiger partial charge in [-0.05, 0) is 42.0 Å². The molecule has 1 aliphatic heterocycles. The zero-order valence-electron chi connectivity index (χ0n) is 12.0. The molecule has 3 nitrogen and oxygen atoms in total. The number of alkyl halides is 3. The Hall–Kier alpha value is -2.02. The highest BCUT2D eigenvalue weighted by molar-refractivity contribution is 7.99. The smallest absolute Gasteiger partial charge is 0.322 e. The van der Waals surface area contributed by atoms with Gasteiger partial charge < -0.3 is 4.90 Å². The molecule has 0 radical (unpaired) electrons. The van der Waals surface area contributed by atoms with Crippen LogP contribution in [0.2, 0.25) is 0 Å². The molecule has 0 aliphatic carbocycles. The van der Waals surface area contributed by atoms with Gasteiger partial charge in [0.1, 0.15) is 5.37 Å². The quantitative estimate of drug-likeness (QED) is 0.830. The van der Waals surface area contributed by atoms with Crippen molar-refractivity contribution in [2.75, 3.05) is 12.3 Å². The third-order valence-electron chi connectivity index (χ3n) is 3.60. The van der Waals surface area contributed by atoms with Crippen molar-refractivity contribution in [1.29, 1.82) is 0 Å². The molecule has 2 heterocycles. The molecule has 1 amide bonds. The maximum Gasteiger partial charge on any atom is 0.416 e. The molecule has 1 saturated heterocycles. The van der Waals surface area contributed by atoms with E-state index in [9.17, 15) is 18.0 Å². The maximum atomic E-state index is 12.6. The fourth-order valence-corrected chi connectivity index (χ4v) is 3.71. The molecule has 1 aromatic carbocycles. The SMILES string of the molecule is O=C(c1ccc(C(F)(F)F)cc1)N1CCSC1c1ccncc1. The molecule has 1 unspecified atom stereocenters. The van der Waals surface area contributed by atoms with Crippen molar-refractivity contribution in [1.82, 2.24) is 9.88 Å². The molecule has 0 saturated carbocycles. The van der Waals surface area contributed by atoms with Gasteiger partial charge in [-0.25, -0.2) is 0 Å². The molecule has 1 atom stereocenters. The first kappa shape index (κ1) is 15.9. The second-order valence-corrected chi connectivity index (χ2v) is 6.27. The van der Waals surface area contributed by atoms with Crippen LogP contribution in [0.3, 0.4) is 0 Å². The lowest BCUT2D eigenvalue weighted by Gasteiger charge is -2.24. The fraction of sp³-hybridized carbons (Fsp3) is 0.250. The van der Waals surface area contributed by atoms with Gasteiger partial charge in [-0.3, -0.25) is 9.78 Å². The predicted molar refractivity (Wildman–Crippen MR) is 81.9 cm³/mol. The molecule has 0 spiro atoms. The third-order valence-corrected chi connectivity index (χ3v) is 4.86. The van der Waals surface area contributed by atoms with Crippen molar-refractivity contribution in [3.8, 4) is 0 Å². The van der Waals surface area contributed by atoms with Gasteiger partial charge in [-0.2, -0.15) is 13.2 Å². The van der Waals surface area contributed by atoms with Gasteiger partial charge in [0, 0.05) is 30.3 Å². The average Bonchev–Trinajstić information content (AvgIpc) is 3.04. The Balaban J connectivity index is 1.82. The molecule has 2 aromatic rings. The Kier molecular flexibility index (Phi) is 4.30. The molecule has 1 aromatic heterocycles. The molecular weight excluding hydrogens is 325 g/mol. The minimum absolute atomic E-state index is 0.132. The molecule has 0 bridgehead atoms. The highest BCUT2D eigenvalue weighted by Crippen LogP contribution is 2.38. The molecular formula is C16H13F3N2OS. The number of hydrogen-bond acceptors (Lipinski definition) is 3. The van der Waals surface area contributed by atoms with Crippen LogP contribution in [0.25, 0.3) is 0 Å². The van der Waals surface area contributed by atoms with E-state index < -0.39 is 11.7 Å². The van der Waals surface area contributed by atoms with Gasteiger partial charge in [-0.1, -0.05) is 0 Å². The molecule has 0 N–H and O–H groups in total. The zero-order valence-corrected chi connectivity index (χ0v) is 12.8. The monoisotopic (exact) mass is 338 g/mol. The molecule has 1 fully saturated rings. The van der Waals surface area contributed by atoms with Crippen LogP contribution >= 0.6 is 11.8 Å². The third kappa shape index (κ3) is 3.34. The van der Waals surface area contributed by atoms with Crippen molar-refractivity contribution < 1.29 is 18.0 Å². The van der Waals surface area contributed by atoms with Crippen LogP contribution < -0.4 is 0 Å². The van der Waals surface area contributed by atoms with E-state index in [1.165, 1.54) is 12.1 Å². The number of halogens is 3. The van der Waals surface area contributed by atoms with E-state index in [0.717, 1.165) is 23.4 Å². The minimum atomic E-state index is -4.40. The summed E-state index contributed by atoms with van der Waals surface area (Å²) < 4.78 is 37.8. The van der Waals surface area contributed by atoms with E-state index in [1.807, 2.05) is 12.1 Å². The van der Waals surface area contributed by atoms with Crippen molar-refractivity contribution in [3.05, 3.63) is 65.5 Å². The largest absolute Gasteiger partial charge is 0.416 e. The molecule has 120 valence electrons. The Morgan fingerprint density at radius 1 is 1.13 bits per heavy atom. The summed E-state index contributed by atoms with van der Waals surface area (Å²) in [5.41, 5.74) is 0.470. The summed E-state index contributed by atoms with van der Waals surface area (Å²) in [6.45, 7) is 0.567. The summed E-state index contributed by atoms with van der Waals surface area (Å²) in [4.78, 5) is 18.2. The first-order chi connectivity index (χ1) is 11.0. The van der Waals surface area contributed by atoms with Crippen LogP contribution in [0.1, 0.15) is 26.9 Å². The summed E-state index contributed by atoms with van der Waals surface area (Å²) in [6.07, 6.45) is -1.07. The van der Waals surface area contributed by atoms with Crippen LogP contribution in [0.4, 0.5) is 13.2 Å². The van der Waals surface area contributed by atoms with Gasteiger partial charge in [-0.15, -0.1) is 11.8 Å². The number of thioether (sulfide) groups is 1. The Labute approximate surface area is 135 Å². The van der Waals surface area contributed by atoms with Crippen LogP contribution in [-0.4, -0.2) is 28.1 Å². The number of aromatic nitrogens is 1. The van der Waals surface area contributed by atoms with E-state index in [4.69, 9.17) is 0 Å². The van der Waals surface area contributed by atoms with E-state index in [2.05, 4.69) is 4.98 Å². The Bertz CT molecular complexity index is 689. The van der Waals surface area contributed by atoms with Crippen LogP contribution in [0, 0.1) is 0 Å². The number of carbonyl (C=O) groups is 1. The second kappa shape index (κ2) is 6.23. The molecule has 7 heteroatoms. The number of pyridine rings is 1. The number of nitrogens with zero attached hydrogens (tertiary/aromatic N) is 2. The van der Waals surface area contributed by atoms with Gasteiger partial charge >= 0.3 is 6.18 Å². The standard InChI is InChI=1S/C16H13F3N2OS/c17-16(18,19)13-3-1-11(2-4-13)14(22)21-9-10-23-15(21)12-5-7-20-8-6-12/h1-8,15H,9-10H2. The highest BCUT2D eigenvalue weighted by atomic mass is 32.2. The van der Waals surface area contributed by atoms with Crippen molar-refractivity contribution in [2.24, 2.45) is 0 Å². The summed E-state index contributed by atoms with van der Waals surface area (Å²) in [5.74, 6) is 0.532. The molecule has 23 heavy (non-hydrogen) atoms. The summed E-state index contributed by atoms with van der Waals surface area (Å²) in [6, 6.07) is 8.04. The van der Waals surface area contributed by atoms with Crippen LogP contribution in [0.5, 0.6) is 0 Å². The van der Waals surface area contributed by atoms with Crippen molar-refractivity contribution in [3.63, 3.8) is 0 Å². The highest BCUT2D eigenvalue weighted by Gasteiger charge is 2.33. The van der Waals surface area contributed by atoms with Crippen molar-refractivity contribution in [2.45, 2.75) is 11.6 Å². The summed E-state index contributed by atoms with van der Waals surface area (Å²) >= 11 is 1.63. The minimum Gasteiger partial charge on any atom is -0.322 e. The topological polar surface area (TPSA) is 33.2 Å². The van der Waals surface area contributed by atoms with E-state index >= 15 is 0 Å². The number of amides is 1. The first-order valence-electron chi connectivity index (χ1n) is 6.96. The maximum absolute atomic E-state index is 12.6. The van der Waals surface area contributed by atoms with Gasteiger partial charge in [0.05, 0.1) is 5.56 Å². The zero-order chi connectivity index (χ0) is 16.4. The Morgan fingerprint density at radius 3 is 2.39 bits per heavy atom. The van der Waals surface area contributed by atoms with Gasteiger partial charge in [0.25, 0.3) is 5.91 Å². The lowest BCUT2D eigenvalue weighted by Crippen LogP contribution is -2.30. The molecule has 3 rings (SSSR count). The van der Waals surface area contributed by atoms with E-state index in [1.54, 1.807) is 29.1 Å². The number of rotatable bonds is 2. The normalized spacial score (nSPS) is 18.2. The van der Waals surface area contributed by atoms with E-state index in [0.29, 0.717) is 6.54 Å². The van der Waals surface area contributed by atoms with Gasteiger partial charge in [0.2, 0.25) is 0 Å². The first-order valence-corrected chi connectivity index (χ1v) is 8.01. The number of benzene rings is 1. The summed E-state index contributed by atoms with van der Waals surface area (Å²) in [5, 5.41) is -0.132. The molecule has 1 aliphatic rings. The second-order valence-electron chi connectivity index (χ2n) is 5.08. The number of hydrogen-bond donors (Lipinski definition) is 0. The van der Waals surface area contributed by atoms with E-state index in [-0.39, 0.29) is 16.8 Å². The summed E-state index contributed by atoms with van der Waals surface area (Å²) in [7, 11) is 0. The average molecular weight is 338 g/mol. The lowest BCUT2D eigenvalue weighted by atomic mass is 10.1. The van der Waals surface area contributed by atoms with Crippen LogP contribution in [-0.2, 0) is 6.18 Å².